The average Bonchev–Trinajstić information content (AvgIpc) is 2.86. The Kier molecular flexibility index (Phi) is 4.13. The molecule has 0 saturated heterocycles. The van der Waals surface area contributed by atoms with Crippen molar-refractivity contribution < 1.29 is 5.11 Å². The standard InChI is InChI=1S/C10H17NO/c1-2-3-4-7-11(8-9-12)10-5-6-10/h10,12H,4-9H2,1H3. The summed E-state index contributed by atoms with van der Waals surface area (Å²) in [5.41, 5.74) is 0. The van der Waals surface area contributed by atoms with Gasteiger partial charge in [-0.25, -0.2) is 0 Å². The van der Waals surface area contributed by atoms with Crippen molar-refractivity contribution in [2.24, 2.45) is 0 Å². The Bertz CT molecular complexity index is 176. The van der Waals surface area contributed by atoms with Crippen LogP contribution in [0.3, 0.4) is 0 Å². The molecule has 0 aromatic rings. The van der Waals surface area contributed by atoms with Crippen molar-refractivity contribution in [3.63, 3.8) is 0 Å². The van der Waals surface area contributed by atoms with Crippen LogP contribution in [-0.4, -0.2) is 35.7 Å². The first kappa shape index (κ1) is 9.57. The van der Waals surface area contributed by atoms with Crippen LogP contribution in [0.1, 0.15) is 26.2 Å². The second-order valence-electron chi connectivity index (χ2n) is 3.17. The molecular weight excluding hydrogens is 150 g/mol. The van der Waals surface area contributed by atoms with Crippen LogP contribution in [0.5, 0.6) is 0 Å². The largest absolute Gasteiger partial charge is 0.395 e. The minimum atomic E-state index is 0.274. The zero-order valence-electron chi connectivity index (χ0n) is 7.71. The Balaban J connectivity index is 2.16. The number of hydrogen-bond donors (Lipinski definition) is 1. The normalized spacial score (nSPS) is 15.9. The Morgan fingerprint density at radius 2 is 2.17 bits per heavy atom. The van der Waals surface area contributed by atoms with Gasteiger partial charge in [0.1, 0.15) is 0 Å². The van der Waals surface area contributed by atoms with E-state index in [2.05, 4.69) is 16.7 Å². The zero-order valence-corrected chi connectivity index (χ0v) is 7.71. The predicted molar refractivity (Wildman–Crippen MR) is 49.7 cm³/mol. The Morgan fingerprint density at radius 1 is 1.42 bits per heavy atom. The number of rotatable bonds is 5. The summed E-state index contributed by atoms with van der Waals surface area (Å²) >= 11 is 0. The molecule has 1 saturated carbocycles. The average molecular weight is 167 g/mol. The van der Waals surface area contributed by atoms with E-state index in [1.54, 1.807) is 0 Å². The second-order valence-corrected chi connectivity index (χ2v) is 3.17. The van der Waals surface area contributed by atoms with Gasteiger partial charge in [-0.1, -0.05) is 0 Å². The van der Waals surface area contributed by atoms with Gasteiger partial charge in [-0.05, 0) is 19.8 Å². The highest BCUT2D eigenvalue weighted by Gasteiger charge is 2.27. The molecule has 1 aliphatic rings. The van der Waals surface area contributed by atoms with Crippen molar-refractivity contribution in [2.45, 2.75) is 32.2 Å². The topological polar surface area (TPSA) is 23.5 Å². The molecule has 1 fully saturated rings. The number of hydrogen-bond acceptors (Lipinski definition) is 2. The first-order valence-corrected chi connectivity index (χ1v) is 4.63. The van der Waals surface area contributed by atoms with Crippen LogP contribution in [0.2, 0.25) is 0 Å². The molecule has 0 aromatic heterocycles. The maximum Gasteiger partial charge on any atom is 0.0558 e. The Morgan fingerprint density at radius 3 is 2.67 bits per heavy atom. The molecule has 0 atom stereocenters. The van der Waals surface area contributed by atoms with E-state index in [9.17, 15) is 0 Å². The SMILES string of the molecule is CC#CCCN(CCO)C1CC1. The molecule has 0 aliphatic heterocycles. The molecular formula is C10H17NO. The van der Waals surface area contributed by atoms with Crippen LogP contribution < -0.4 is 0 Å². The summed E-state index contributed by atoms with van der Waals surface area (Å²) in [4.78, 5) is 2.34. The van der Waals surface area contributed by atoms with Gasteiger partial charge in [-0.2, -0.15) is 0 Å². The summed E-state index contributed by atoms with van der Waals surface area (Å²) < 4.78 is 0. The van der Waals surface area contributed by atoms with Crippen molar-refractivity contribution in [2.75, 3.05) is 19.7 Å². The third-order valence-electron chi connectivity index (χ3n) is 2.15. The van der Waals surface area contributed by atoms with Gasteiger partial charge in [-0.3, -0.25) is 4.90 Å². The lowest BCUT2D eigenvalue weighted by molar-refractivity contribution is 0.192. The van der Waals surface area contributed by atoms with E-state index in [1.165, 1.54) is 12.8 Å². The molecule has 12 heavy (non-hydrogen) atoms. The summed E-state index contributed by atoms with van der Waals surface area (Å²) in [5.74, 6) is 5.93. The second kappa shape index (κ2) is 5.18. The van der Waals surface area contributed by atoms with Crippen LogP contribution in [-0.2, 0) is 0 Å². The number of aliphatic hydroxyl groups is 1. The molecule has 2 heteroatoms. The van der Waals surface area contributed by atoms with Crippen molar-refractivity contribution in [3.8, 4) is 11.8 Å². The van der Waals surface area contributed by atoms with E-state index >= 15 is 0 Å². The van der Waals surface area contributed by atoms with Crippen molar-refractivity contribution in [1.82, 2.24) is 4.90 Å². The van der Waals surface area contributed by atoms with E-state index in [4.69, 9.17) is 5.11 Å². The minimum absolute atomic E-state index is 0.274. The van der Waals surface area contributed by atoms with Crippen molar-refractivity contribution in [3.05, 3.63) is 0 Å². The van der Waals surface area contributed by atoms with Gasteiger partial charge >= 0.3 is 0 Å². The lowest BCUT2D eigenvalue weighted by atomic mass is 10.3. The highest BCUT2D eigenvalue weighted by atomic mass is 16.3. The molecule has 1 aliphatic carbocycles. The Hall–Kier alpha value is -0.520. The molecule has 0 heterocycles. The summed E-state index contributed by atoms with van der Waals surface area (Å²) in [7, 11) is 0. The van der Waals surface area contributed by atoms with Gasteiger partial charge < -0.3 is 5.11 Å². The number of aliphatic hydroxyl groups excluding tert-OH is 1. The van der Waals surface area contributed by atoms with Crippen LogP contribution in [0.4, 0.5) is 0 Å². The van der Waals surface area contributed by atoms with E-state index in [0.717, 1.165) is 25.6 Å². The fourth-order valence-corrected chi connectivity index (χ4v) is 1.37. The Labute approximate surface area is 74.6 Å². The molecule has 0 aromatic carbocycles. The van der Waals surface area contributed by atoms with Crippen molar-refractivity contribution >= 4 is 0 Å². The van der Waals surface area contributed by atoms with Gasteiger partial charge in [0, 0.05) is 25.6 Å². The van der Waals surface area contributed by atoms with Crippen LogP contribution in [0.25, 0.3) is 0 Å². The predicted octanol–water partition coefficient (Wildman–Crippen LogP) is 0.857. The molecule has 2 nitrogen and oxygen atoms in total. The maximum atomic E-state index is 8.79. The fourth-order valence-electron chi connectivity index (χ4n) is 1.37. The smallest absolute Gasteiger partial charge is 0.0558 e. The van der Waals surface area contributed by atoms with Gasteiger partial charge in [-0.15, -0.1) is 11.8 Å². The molecule has 0 radical (unpaired) electrons. The lowest BCUT2D eigenvalue weighted by Gasteiger charge is -2.18. The molecule has 0 amide bonds. The molecule has 1 N–H and O–H groups in total. The summed E-state index contributed by atoms with van der Waals surface area (Å²) in [6.07, 6.45) is 3.55. The van der Waals surface area contributed by atoms with E-state index in [-0.39, 0.29) is 6.61 Å². The zero-order chi connectivity index (χ0) is 8.81. The molecule has 0 bridgehead atoms. The summed E-state index contributed by atoms with van der Waals surface area (Å²) in [6.45, 7) is 3.98. The summed E-state index contributed by atoms with van der Waals surface area (Å²) in [5, 5.41) is 8.79. The first-order valence-electron chi connectivity index (χ1n) is 4.63. The maximum absolute atomic E-state index is 8.79. The van der Waals surface area contributed by atoms with Crippen LogP contribution in [0, 0.1) is 11.8 Å². The monoisotopic (exact) mass is 167 g/mol. The van der Waals surface area contributed by atoms with E-state index in [0.29, 0.717) is 0 Å². The third kappa shape index (κ3) is 3.25. The van der Waals surface area contributed by atoms with Gasteiger partial charge in [0.15, 0.2) is 0 Å². The summed E-state index contributed by atoms with van der Waals surface area (Å²) in [6, 6.07) is 0.746. The molecule has 68 valence electrons. The third-order valence-corrected chi connectivity index (χ3v) is 2.15. The first-order chi connectivity index (χ1) is 5.88. The van der Waals surface area contributed by atoms with Gasteiger partial charge in [0.2, 0.25) is 0 Å². The lowest BCUT2D eigenvalue weighted by Crippen LogP contribution is -2.29. The highest BCUT2D eigenvalue weighted by Crippen LogP contribution is 2.26. The molecule has 0 spiro atoms. The highest BCUT2D eigenvalue weighted by molar-refractivity contribution is 4.96. The van der Waals surface area contributed by atoms with E-state index < -0.39 is 0 Å². The van der Waals surface area contributed by atoms with Crippen molar-refractivity contribution in [1.29, 1.82) is 0 Å². The quantitative estimate of drug-likeness (QED) is 0.614. The van der Waals surface area contributed by atoms with E-state index in [1.807, 2.05) is 6.92 Å². The fraction of sp³-hybridized carbons (Fsp3) is 0.800. The number of nitrogens with zero attached hydrogens (tertiary/aromatic N) is 1. The molecule has 0 unspecified atom stereocenters. The van der Waals surface area contributed by atoms with Gasteiger partial charge in [0.05, 0.1) is 6.61 Å². The van der Waals surface area contributed by atoms with Crippen LogP contribution in [0.15, 0.2) is 0 Å². The minimum Gasteiger partial charge on any atom is -0.395 e. The molecule has 1 rings (SSSR count). The van der Waals surface area contributed by atoms with Gasteiger partial charge in [0.25, 0.3) is 0 Å². The van der Waals surface area contributed by atoms with Crippen LogP contribution >= 0.6 is 0 Å².